The Balaban J connectivity index is 1.90. The van der Waals surface area contributed by atoms with Gasteiger partial charge in [-0.1, -0.05) is 6.07 Å². The minimum absolute atomic E-state index is 0.0235. The molecule has 0 fully saturated rings. The third-order valence-electron chi connectivity index (χ3n) is 3.76. The molecule has 1 aromatic heterocycles. The number of carbonyl (C=O) groups excluding carboxylic acids is 1. The van der Waals surface area contributed by atoms with Crippen molar-refractivity contribution in [1.82, 2.24) is 15.6 Å². The van der Waals surface area contributed by atoms with Crippen molar-refractivity contribution in [3.05, 3.63) is 40.2 Å². The molecule has 0 aliphatic heterocycles. The maximum atomic E-state index is 11.4. The molecule has 0 saturated heterocycles. The number of phenolic OH excluding ortho intramolecular Hbond substituents is 1. The molecule has 0 bridgehead atoms. The number of benzene rings is 1. The zero-order valence-electron chi connectivity index (χ0n) is 13.6. The van der Waals surface area contributed by atoms with E-state index in [9.17, 15) is 19.8 Å². The van der Waals surface area contributed by atoms with Crippen molar-refractivity contribution >= 4 is 16.8 Å². The van der Waals surface area contributed by atoms with Gasteiger partial charge in [0, 0.05) is 31.5 Å². The van der Waals surface area contributed by atoms with Gasteiger partial charge in [0.05, 0.1) is 11.6 Å². The normalized spacial score (nSPS) is 12.2. The topological polar surface area (TPSA) is 114 Å². The Labute approximate surface area is 139 Å². The first kappa shape index (κ1) is 18.0. The summed E-state index contributed by atoms with van der Waals surface area (Å²) < 4.78 is 0. The van der Waals surface area contributed by atoms with E-state index in [0.29, 0.717) is 29.6 Å². The van der Waals surface area contributed by atoms with Gasteiger partial charge in [0.1, 0.15) is 5.75 Å². The fourth-order valence-corrected chi connectivity index (χ4v) is 2.54. The lowest BCUT2D eigenvalue weighted by molar-refractivity contribution is -0.118. The Kier molecular flexibility index (Phi) is 6.34. The predicted octanol–water partition coefficient (Wildman–Crippen LogP) is 0.773. The van der Waals surface area contributed by atoms with Crippen molar-refractivity contribution in [2.75, 3.05) is 19.6 Å². The van der Waals surface area contributed by atoms with E-state index in [4.69, 9.17) is 0 Å². The molecule has 7 heteroatoms. The summed E-state index contributed by atoms with van der Waals surface area (Å²) in [6.07, 6.45) is 0.997. The highest BCUT2D eigenvalue weighted by molar-refractivity contribution is 5.87. The zero-order valence-corrected chi connectivity index (χ0v) is 13.6. The molecule has 1 aromatic carbocycles. The van der Waals surface area contributed by atoms with Crippen LogP contribution < -0.4 is 16.2 Å². The van der Waals surface area contributed by atoms with Crippen molar-refractivity contribution in [3.63, 3.8) is 0 Å². The van der Waals surface area contributed by atoms with Crippen LogP contribution in [0.3, 0.4) is 0 Å². The number of aromatic amines is 1. The van der Waals surface area contributed by atoms with Crippen LogP contribution in [0.5, 0.6) is 5.75 Å². The first-order valence-corrected chi connectivity index (χ1v) is 7.97. The second kappa shape index (κ2) is 8.47. The van der Waals surface area contributed by atoms with Crippen molar-refractivity contribution < 1.29 is 15.0 Å². The Hall–Kier alpha value is -2.38. The predicted molar refractivity (Wildman–Crippen MR) is 92.0 cm³/mol. The average molecular weight is 333 g/mol. The summed E-state index contributed by atoms with van der Waals surface area (Å²) in [5, 5.41) is 26.7. The fourth-order valence-electron chi connectivity index (χ4n) is 2.54. The molecular formula is C17H23N3O4. The lowest BCUT2D eigenvalue weighted by Crippen LogP contribution is -2.25. The number of aromatic nitrogens is 1. The van der Waals surface area contributed by atoms with Crippen LogP contribution in [0.4, 0.5) is 0 Å². The van der Waals surface area contributed by atoms with Crippen molar-refractivity contribution in [1.29, 1.82) is 0 Å². The SMILES string of the molecule is CC(=O)NCCCCNC[C@H](O)c1ccc(O)c2[nH]c(=O)ccc12. The Bertz CT molecular complexity index is 757. The maximum Gasteiger partial charge on any atom is 0.248 e. The molecule has 0 radical (unpaired) electrons. The molecule has 1 atom stereocenters. The minimum atomic E-state index is -0.755. The second-order valence-electron chi connectivity index (χ2n) is 5.70. The summed E-state index contributed by atoms with van der Waals surface area (Å²) in [4.78, 5) is 24.7. The van der Waals surface area contributed by atoms with Gasteiger partial charge in [-0.15, -0.1) is 0 Å². The van der Waals surface area contributed by atoms with Crippen molar-refractivity contribution in [3.8, 4) is 5.75 Å². The van der Waals surface area contributed by atoms with Gasteiger partial charge in [0.2, 0.25) is 11.5 Å². The zero-order chi connectivity index (χ0) is 17.5. The summed E-state index contributed by atoms with van der Waals surface area (Å²) in [5.74, 6) is -0.0554. The quantitative estimate of drug-likeness (QED) is 0.458. The molecule has 130 valence electrons. The van der Waals surface area contributed by atoms with Crippen LogP contribution in [0.2, 0.25) is 0 Å². The van der Waals surface area contributed by atoms with E-state index in [1.165, 1.54) is 19.1 Å². The highest BCUT2D eigenvalue weighted by Gasteiger charge is 2.13. The molecular weight excluding hydrogens is 310 g/mol. The molecule has 7 nitrogen and oxygen atoms in total. The third kappa shape index (κ3) is 4.81. The van der Waals surface area contributed by atoms with Crippen LogP contribution in [0.15, 0.2) is 29.1 Å². The van der Waals surface area contributed by atoms with E-state index in [0.717, 1.165) is 19.4 Å². The first-order chi connectivity index (χ1) is 11.5. The van der Waals surface area contributed by atoms with Crippen LogP contribution >= 0.6 is 0 Å². The highest BCUT2D eigenvalue weighted by Crippen LogP contribution is 2.28. The van der Waals surface area contributed by atoms with Gasteiger partial charge in [-0.05, 0) is 37.1 Å². The number of phenols is 1. The first-order valence-electron chi connectivity index (χ1n) is 7.97. The minimum Gasteiger partial charge on any atom is -0.506 e. The summed E-state index contributed by atoms with van der Waals surface area (Å²) in [7, 11) is 0. The lowest BCUT2D eigenvalue weighted by atomic mass is 10.0. The maximum absolute atomic E-state index is 11.4. The van der Waals surface area contributed by atoms with E-state index in [1.807, 2.05) is 0 Å². The number of fused-ring (bicyclic) bond motifs is 1. The van der Waals surface area contributed by atoms with Crippen molar-refractivity contribution in [2.24, 2.45) is 0 Å². The summed E-state index contributed by atoms with van der Waals surface area (Å²) in [6, 6.07) is 6.08. The van der Waals surface area contributed by atoms with Gasteiger partial charge < -0.3 is 25.8 Å². The third-order valence-corrected chi connectivity index (χ3v) is 3.76. The van der Waals surface area contributed by atoms with E-state index >= 15 is 0 Å². The Morgan fingerprint density at radius 2 is 1.96 bits per heavy atom. The number of aromatic hydroxyl groups is 1. The number of carbonyl (C=O) groups is 1. The van der Waals surface area contributed by atoms with Gasteiger partial charge in [-0.25, -0.2) is 0 Å². The molecule has 0 saturated carbocycles. The number of hydrogen-bond acceptors (Lipinski definition) is 5. The van der Waals surface area contributed by atoms with E-state index in [-0.39, 0.29) is 17.2 Å². The van der Waals surface area contributed by atoms with E-state index < -0.39 is 6.10 Å². The van der Waals surface area contributed by atoms with E-state index in [2.05, 4.69) is 15.6 Å². The number of rotatable bonds is 8. The number of pyridine rings is 1. The monoisotopic (exact) mass is 333 g/mol. The highest BCUT2D eigenvalue weighted by atomic mass is 16.3. The molecule has 0 aliphatic rings. The Morgan fingerprint density at radius 3 is 2.71 bits per heavy atom. The molecule has 1 heterocycles. The molecule has 5 N–H and O–H groups in total. The Morgan fingerprint density at radius 1 is 1.21 bits per heavy atom. The summed E-state index contributed by atoms with van der Waals surface area (Å²) in [6.45, 7) is 3.22. The van der Waals surface area contributed by atoms with Crippen LogP contribution in [-0.4, -0.2) is 40.7 Å². The molecule has 24 heavy (non-hydrogen) atoms. The van der Waals surface area contributed by atoms with Gasteiger partial charge >= 0.3 is 0 Å². The van der Waals surface area contributed by atoms with E-state index in [1.54, 1.807) is 12.1 Å². The molecule has 2 aromatic rings. The number of aliphatic hydroxyl groups is 1. The number of aliphatic hydroxyl groups excluding tert-OH is 1. The van der Waals surface area contributed by atoms with Gasteiger partial charge in [-0.3, -0.25) is 9.59 Å². The van der Waals surface area contributed by atoms with Gasteiger partial charge in [0.15, 0.2) is 0 Å². The molecule has 0 unspecified atom stereocenters. The van der Waals surface area contributed by atoms with Crippen LogP contribution in [0.25, 0.3) is 10.9 Å². The average Bonchev–Trinajstić information content (AvgIpc) is 2.54. The fraction of sp³-hybridized carbons (Fsp3) is 0.412. The number of amides is 1. The van der Waals surface area contributed by atoms with Gasteiger partial charge in [0.25, 0.3) is 0 Å². The largest absolute Gasteiger partial charge is 0.506 e. The molecule has 0 spiro atoms. The number of H-pyrrole nitrogens is 1. The van der Waals surface area contributed by atoms with Crippen LogP contribution in [0, 0.1) is 0 Å². The lowest BCUT2D eigenvalue weighted by Gasteiger charge is -2.15. The number of unbranched alkanes of at least 4 members (excludes halogenated alkanes) is 1. The second-order valence-corrected chi connectivity index (χ2v) is 5.70. The standard InChI is InChI=1S/C17H23N3O4/c1-11(21)19-9-3-2-8-18-10-15(23)12-4-6-14(22)17-13(12)5-7-16(24)20-17/h4-7,15,18,22-23H,2-3,8-10H2,1H3,(H,19,21)(H,20,24)/t15-/m0/s1. The molecule has 1 amide bonds. The molecule has 0 aliphatic carbocycles. The van der Waals surface area contributed by atoms with Crippen LogP contribution in [0.1, 0.15) is 31.4 Å². The van der Waals surface area contributed by atoms with Crippen molar-refractivity contribution in [2.45, 2.75) is 25.9 Å². The smallest absolute Gasteiger partial charge is 0.248 e. The molecule has 2 rings (SSSR count). The number of nitrogens with one attached hydrogen (secondary N) is 3. The van der Waals surface area contributed by atoms with Gasteiger partial charge in [-0.2, -0.15) is 0 Å². The van der Waals surface area contributed by atoms with Crippen LogP contribution in [-0.2, 0) is 4.79 Å². The summed E-state index contributed by atoms with van der Waals surface area (Å²) >= 11 is 0. The summed E-state index contributed by atoms with van der Waals surface area (Å²) in [5.41, 5.74) is 0.667. The number of hydrogen-bond donors (Lipinski definition) is 5.